The fraction of sp³-hybridized carbons (Fsp3) is 0.867. The summed E-state index contributed by atoms with van der Waals surface area (Å²) in [6.45, 7) is 3.57. The van der Waals surface area contributed by atoms with E-state index >= 15 is 0 Å². The fourth-order valence-electron chi connectivity index (χ4n) is 3.43. The number of carboxylic acid groups (broad SMARTS) is 1. The van der Waals surface area contributed by atoms with Crippen LogP contribution < -0.4 is 0 Å². The summed E-state index contributed by atoms with van der Waals surface area (Å²) in [5.74, 6) is 0.136. The van der Waals surface area contributed by atoms with Crippen molar-refractivity contribution in [1.82, 2.24) is 9.80 Å². The van der Waals surface area contributed by atoms with E-state index in [0.717, 1.165) is 25.2 Å². The van der Waals surface area contributed by atoms with Crippen molar-refractivity contribution in [3.8, 4) is 0 Å². The van der Waals surface area contributed by atoms with Gasteiger partial charge < -0.3 is 14.9 Å². The van der Waals surface area contributed by atoms with Gasteiger partial charge in [-0.25, -0.2) is 4.79 Å². The van der Waals surface area contributed by atoms with Gasteiger partial charge in [0.25, 0.3) is 0 Å². The summed E-state index contributed by atoms with van der Waals surface area (Å²) < 4.78 is 0. The fourth-order valence-corrected chi connectivity index (χ4v) is 3.43. The molecule has 2 aliphatic rings. The highest BCUT2D eigenvalue weighted by Gasteiger charge is 2.32. The van der Waals surface area contributed by atoms with Gasteiger partial charge in [0.15, 0.2) is 0 Å². The zero-order chi connectivity index (χ0) is 14.7. The van der Waals surface area contributed by atoms with E-state index in [9.17, 15) is 9.59 Å². The maximum Gasteiger partial charge on any atom is 0.319 e. The lowest BCUT2D eigenvalue weighted by atomic mass is 9.87. The number of likely N-dealkylation sites (tertiary alicyclic amines) is 1. The Hall–Kier alpha value is -1.26. The molecule has 1 unspecified atom stereocenters. The number of rotatable bonds is 3. The predicted octanol–water partition coefficient (Wildman–Crippen LogP) is 2.41. The monoisotopic (exact) mass is 282 g/mol. The molecule has 1 heterocycles. The molecule has 1 aliphatic carbocycles. The molecule has 1 saturated heterocycles. The Kier molecular flexibility index (Phi) is 4.89. The first-order valence-corrected chi connectivity index (χ1v) is 7.71. The number of hydrogen-bond acceptors (Lipinski definition) is 2. The Morgan fingerprint density at radius 3 is 2.45 bits per heavy atom. The number of carbonyl (C=O) groups is 2. The molecule has 1 atom stereocenters. The first kappa shape index (κ1) is 15.1. The predicted molar refractivity (Wildman–Crippen MR) is 76.5 cm³/mol. The summed E-state index contributed by atoms with van der Waals surface area (Å²) in [5, 5.41) is 8.82. The van der Waals surface area contributed by atoms with E-state index in [-0.39, 0.29) is 18.4 Å². The summed E-state index contributed by atoms with van der Waals surface area (Å²) in [7, 11) is 1.90. The van der Waals surface area contributed by atoms with Gasteiger partial charge in [0.2, 0.25) is 0 Å². The van der Waals surface area contributed by atoms with Crippen LogP contribution in [0.2, 0.25) is 0 Å². The zero-order valence-electron chi connectivity index (χ0n) is 12.5. The van der Waals surface area contributed by atoms with Crippen LogP contribution in [-0.4, -0.2) is 53.1 Å². The quantitative estimate of drug-likeness (QED) is 0.864. The lowest BCUT2D eigenvalue weighted by Crippen LogP contribution is -2.46. The van der Waals surface area contributed by atoms with Crippen LogP contribution in [0.5, 0.6) is 0 Å². The minimum absolute atomic E-state index is 0.0810. The molecule has 1 N–H and O–H groups in total. The van der Waals surface area contributed by atoms with Crippen LogP contribution >= 0.6 is 0 Å². The van der Waals surface area contributed by atoms with Crippen LogP contribution in [0.25, 0.3) is 0 Å². The molecule has 1 saturated carbocycles. The van der Waals surface area contributed by atoms with Gasteiger partial charge in [-0.3, -0.25) is 4.79 Å². The van der Waals surface area contributed by atoms with Gasteiger partial charge in [0, 0.05) is 32.6 Å². The van der Waals surface area contributed by atoms with Crippen molar-refractivity contribution < 1.29 is 14.7 Å². The van der Waals surface area contributed by atoms with E-state index in [2.05, 4.69) is 6.92 Å². The average Bonchev–Trinajstić information content (AvgIpc) is 2.85. The Morgan fingerprint density at radius 1 is 1.20 bits per heavy atom. The smallest absolute Gasteiger partial charge is 0.319 e. The number of amides is 2. The molecular weight excluding hydrogens is 256 g/mol. The van der Waals surface area contributed by atoms with Gasteiger partial charge in [0.05, 0.1) is 0 Å². The molecule has 0 spiro atoms. The topological polar surface area (TPSA) is 60.9 Å². The van der Waals surface area contributed by atoms with Crippen LogP contribution in [0.3, 0.4) is 0 Å². The van der Waals surface area contributed by atoms with Gasteiger partial charge in [-0.2, -0.15) is 0 Å². The summed E-state index contributed by atoms with van der Waals surface area (Å²) in [6.07, 6.45) is 5.57. The minimum Gasteiger partial charge on any atom is -0.481 e. The molecule has 0 radical (unpaired) electrons. The molecule has 1 aliphatic heterocycles. The first-order valence-electron chi connectivity index (χ1n) is 7.71. The maximum absolute atomic E-state index is 12.5. The second-order valence-electron chi connectivity index (χ2n) is 6.51. The average molecular weight is 282 g/mol. The number of aliphatic carboxylic acids is 1. The summed E-state index contributed by atoms with van der Waals surface area (Å²) in [4.78, 5) is 26.9. The largest absolute Gasteiger partial charge is 0.481 e. The molecule has 114 valence electrons. The van der Waals surface area contributed by atoms with Crippen LogP contribution in [-0.2, 0) is 4.79 Å². The van der Waals surface area contributed by atoms with Crippen molar-refractivity contribution >= 4 is 12.0 Å². The Morgan fingerprint density at radius 2 is 1.85 bits per heavy atom. The number of carboxylic acids is 1. The van der Waals surface area contributed by atoms with Crippen LogP contribution in [0, 0.1) is 11.8 Å². The second-order valence-corrected chi connectivity index (χ2v) is 6.51. The molecule has 0 aromatic carbocycles. The Bertz CT molecular complexity index is 364. The van der Waals surface area contributed by atoms with E-state index in [1.54, 1.807) is 0 Å². The third-order valence-corrected chi connectivity index (χ3v) is 4.85. The van der Waals surface area contributed by atoms with E-state index in [0.29, 0.717) is 19.1 Å². The van der Waals surface area contributed by atoms with Crippen molar-refractivity contribution in [3.63, 3.8) is 0 Å². The highest BCUT2D eigenvalue weighted by atomic mass is 16.4. The van der Waals surface area contributed by atoms with Gasteiger partial charge in [0.1, 0.15) is 0 Å². The molecule has 0 aromatic heterocycles. The molecule has 2 fully saturated rings. The molecular formula is C15H26N2O3. The first-order chi connectivity index (χ1) is 9.47. The van der Waals surface area contributed by atoms with Crippen molar-refractivity contribution in [3.05, 3.63) is 0 Å². The van der Waals surface area contributed by atoms with E-state index in [4.69, 9.17) is 5.11 Å². The number of hydrogen-bond donors (Lipinski definition) is 1. The SMILES string of the molecule is CC1CCC(N(C)C(=O)N2CCC(CC(=O)O)C2)CC1. The lowest BCUT2D eigenvalue weighted by Gasteiger charge is -2.35. The third kappa shape index (κ3) is 3.64. The van der Waals surface area contributed by atoms with Gasteiger partial charge in [-0.15, -0.1) is 0 Å². The molecule has 2 amide bonds. The van der Waals surface area contributed by atoms with Crippen molar-refractivity contribution in [1.29, 1.82) is 0 Å². The van der Waals surface area contributed by atoms with E-state index < -0.39 is 5.97 Å². The zero-order valence-corrected chi connectivity index (χ0v) is 12.5. The van der Waals surface area contributed by atoms with Crippen molar-refractivity contribution in [2.45, 2.75) is 51.5 Å². The second kappa shape index (κ2) is 6.46. The molecule has 0 aromatic rings. The minimum atomic E-state index is -0.765. The number of urea groups is 1. The van der Waals surface area contributed by atoms with Gasteiger partial charge in [-0.05, 0) is 43.9 Å². The Labute approximate surface area is 120 Å². The summed E-state index contributed by atoms with van der Waals surface area (Å²) in [6, 6.07) is 0.440. The van der Waals surface area contributed by atoms with Crippen molar-refractivity contribution in [2.24, 2.45) is 11.8 Å². The standard InChI is InChI=1S/C15H26N2O3/c1-11-3-5-13(6-4-11)16(2)15(20)17-8-7-12(10-17)9-14(18)19/h11-13H,3-10H2,1-2H3,(H,18,19). The van der Waals surface area contributed by atoms with E-state index in [1.807, 2.05) is 16.8 Å². The maximum atomic E-state index is 12.5. The lowest BCUT2D eigenvalue weighted by molar-refractivity contribution is -0.138. The van der Waals surface area contributed by atoms with Crippen LogP contribution in [0.15, 0.2) is 0 Å². The summed E-state index contributed by atoms with van der Waals surface area (Å²) in [5.41, 5.74) is 0. The van der Waals surface area contributed by atoms with E-state index in [1.165, 1.54) is 12.8 Å². The molecule has 5 nitrogen and oxygen atoms in total. The third-order valence-electron chi connectivity index (χ3n) is 4.85. The van der Waals surface area contributed by atoms with Gasteiger partial charge in [-0.1, -0.05) is 6.92 Å². The molecule has 2 rings (SSSR count). The van der Waals surface area contributed by atoms with Crippen LogP contribution in [0.1, 0.15) is 45.4 Å². The molecule has 20 heavy (non-hydrogen) atoms. The molecule has 5 heteroatoms. The highest BCUT2D eigenvalue weighted by Crippen LogP contribution is 2.28. The highest BCUT2D eigenvalue weighted by molar-refractivity contribution is 5.75. The Balaban J connectivity index is 1.83. The normalized spacial score (nSPS) is 30.3. The van der Waals surface area contributed by atoms with Gasteiger partial charge >= 0.3 is 12.0 Å². The van der Waals surface area contributed by atoms with Crippen LogP contribution in [0.4, 0.5) is 4.79 Å². The number of nitrogens with zero attached hydrogens (tertiary/aromatic N) is 2. The molecule has 0 bridgehead atoms. The number of carbonyl (C=O) groups excluding carboxylic acids is 1. The van der Waals surface area contributed by atoms with Crippen molar-refractivity contribution in [2.75, 3.05) is 20.1 Å². The summed E-state index contributed by atoms with van der Waals surface area (Å²) >= 11 is 0.